The molecule has 0 atom stereocenters. The highest BCUT2D eigenvalue weighted by Crippen LogP contribution is 2.46. The molecule has 1 N–H and O–H groups in total. The summed E-state index contributed by atoms with van der Waals surface area (Å²) < 4.78 is 29.4. The molecule has 0 spiro atoms. The molecule has 1 aliphatic heterocycles. The quantitative estimate of drug-likeness (QED) is 0.348. The third-order valence-electron chi connectivity index (χ3n) is 8.85. The number of hydrogen-bond acceptors (Lipinski definition) is 2. The van der Waals surface area contributed by atoms with Crippen LogP contribution in [0.15, 0.2) is 71.5 Å². The first kappa shape index (κ1) is 24.1. The maximum absolute atomic E-state index is 13.7. The molecule has 37 heavy (non-hydrogen) atoms. The summed E-state index contributed by atoms with van der Waals surface area (Å²) >= 11 is 0. The Kier molecular flexibility index (Phi) is 6.23. The molecule has 4 nitrogen and oxygen atoms in total. The predicted octanol–water partition coefficient (Wildman–Crippen LogP) is 6.48. The minimum Gasteiger partial charge on any atom is -0.306 e. The molecule has 0 radical (unpaired) electrons. The number of aromatic amines is 1. The number of likely N-dealkylation sites (tertiary alicyclic amines) is 1. The van der Waals surface area contributed by atoms with Crippen LogP contribution in [-0.4, -0.2) is 33.6 Å². The summed E-state index contributed by atoms with van der Waals surface area (Å²) in [6.45, 7) is 3.99. The van der Waals surface area contributed by atoms with E-state index in [4.69, 9.17) is 0 Å². The van der Waals surface area contributed by atoms with Crippen molar-refractivity contribution < 1.29 is 8.78 Å². The zero-order valence-corrected chi connectivity index (χ0v) is 21.2. The predicted molar refractivity (Wildman–Crippen MR) is 143 cm³/mol. The second-order valence-corrected chi connectivity index (χ2v) is 10.9. The Labute approximate surface area is 215 Å². The molecule has 2 heterocycles. The van der Waals surface area contributed by atoms with Gasteiger partial charge in [0.2, 0.25) is 0 Å². The smallest absolute Gasteiger partial charge is 0.306 e. The molecule has 0 amide bonds. The van der Waals surface area contributed by atoms with Crippen molar-refractivity contribution in [3.05, 3.63) is 106 Å². The first-order chi connectivity index (χ1) is 17.9. The van der Waals surface area contributed by atoms with E-state index in [0.29, 0.717) is 6.04 Å². The highest BCUT2D eigenvalue weighted by Gasteiger charge is 2.40. The topological polar surface area (TPSA) is 41.0 Å². The Morgan fingerprint density at radius 3 is 1.92 bits per heavy atom. The SMILES string of the molecule is Cc1ccc2c(c1)[nH]c(=O)n2C1CCN(C2CCC(c3ccc(F)cc3)(c3ccc(F)cc3)CC2)CC1. The van der Waals surface area contributed by atoms with Crippen molar-refractivity contribution in [1.29, 1.82) is 0 Å². The van der Waals surface area contributed by atoms with E-state index in [1.54, 1.807) is 0 Å². The van der Waals surface area contributed by atoms with Crippen molar-refractivity contribution in [2.75, 3.05) is 13.1 Å². The minimum absolute atomic E-state index is 0.0138. The van der Waals surface area contributed by atoms with Crippen molar-refractivity contribution in [2.24, 2.45) is 0 Å². The van der Waals surface area contributed by atoms with Gasteiger partial charge in [-0.15, -0.1) is 0 Å². The maximum atomic E-state index is 13.7. The number of nitrogens with one attached hydrogen (secondary N) is 1. The Hall–Kier alpha value is -3.25. The fourth-order valence-corrected chi connectivity index (χ4v) is 6.86. The lowest BCUT2D eigenvalue weighted by atomic mass is 9.64. The van der Waals surface area contributed by atoms with Gasteiger partial charge in [-0.3, -0.25) is 4.57 Å². The summed E-state index contributed by atoms with van der Waals surface area (Å²) in [5, 5.41) is 0. The third-order valence-corrected chi connectivity index (χ3v) is 8.85. The van der Waals surface area contributed by atoms with E-state index in [9.17, 15) is 13.6 Å². The summed E-state index contributed by atoms with van der Waals surface area (Å²) in [6, 6.07) is 20.6. The van der Waals surface area contributed by atoms with Crippen LogP contribution >= 0.6 is 0 Å². The number of imidazole rings is 1. The third kappa shape index (κ3) is 4.42. The summed E-state index contributed by atoms with van der Waals surface area (Å²) in [5.41, 5.74) is 5.02. The van der Waals surface area contributed by atoms with Gasteiger partial charge >= 0.3 is 5.69 Å². The Morgan fingerprint density at radius 2 is 1.35 bits per heavy atom. The minimum atomic E-state index is -0.237. The summed E-state index contributed by atoms with van der Waals surface area (Å²) in [6.07, 6.45) is 5.86. The normalized spacial score (nSPS) is 19.4. The summed E-state index contributed by atoms with van der Waals surface area (Å²) in [4.78, 5) is 18.4. The molecule has 1 saturated heterocycles. The van der Waals surface area contributed by atoms with Gasteiger partial charge < -0.3 is 9.88 Å². The largest absolute Gasteiger partial charge is 0.326 e. The lowest BCUT2D eigenvalue weighted by molar-refractivity contribution is 0.0948. The average Bonchev–Trinajstić information content (AvgIpc) is 3.24. The second-order valence-electron chi connectivity index (χ2n) is 10.9. The molecule has 2 aliphatic rings. The van der Waals surface area contributed by atoms with Gasteiger partial charge in [-0.25, -0.2) is 13.6 Å². The fourth-order valence-electron chi connectivity index (χ4n) is 6.86. The Morgan fingerprint density at radius 1 is 0.784 bits per heavy atom. The molecular weight excluding hydrogens is 468 g/mol. The molecule has 1 aliphatic carbocycles. The molecule has 192 valence electrons. The lowest BCUT2D eigenvalue weighted by Gasteiger charge is -2.46. The average molecular weight is 502 g/mol. The van der Waals surface area contributed by atoms with Crippen LogP contribution < -0.4 is 5.69 Å². The van der Waals surface area contributed by atoms with Gasteiger partial charge in [0, 0.05) is 30.6 Å². The number of halogens is 2. The Bertz CT molecular complexity index is 1390. The fraction of sp³-hybridized carbons (Fsp3) is 0.387. The summed E-state index contributed by atoms with van der Waals surface area (Å²) in [5.74, 6) is -0.474. The first-order valence-electron chi connectivity index (χ1n) is 13.4. The number of aromatic nitrogens is 2. The van der Waals surface area contributed by atoms with Crippen LogP contribution in [0.4, 0.5) is 8.78 Å². The van der Waals surface area contributed by atoms with Gasteiger partial charge in [0.15, 0.2) is 0 Å². The van der Waals surface area contributed by atoms with E-state index in [1.807, 2.05) is 41.8 Å². The Balaban J connectivity index is 1.17. The van der Waals surface area contributed by atoms with Crippen molar-refractivity contribution in [3.63, 3.8) is 0 Å². The maximum Gasteiger partial charge on any atom is 0.326 e. The monoisotopic (exact) mass is 501 g/mol. The summed E-state index contributed by atoms with van der Waals surface area (Å²) in [7, 11) is 0. The van der Waals surface area contributed by atoms with Gasteiger partial charge in [-0.05, 0) is 98.5 Å². The second kappa shape index (κ2) is 9.56. The van der Waals surface area contributed by atoms with Crippen molar-refractivity contribution in [3.8, 4) is 0 Å². The van der Waals surface area contributed by atoms with Crippen LogP contribution in [0.25, 0.3) is 11.0 Å². The zero-order chi connectivity index (χ0) is 25.6. The zero-order valence-electron chi connectivity index (χ0n) is 21.2. The lowest BCUT2D eigenvalue weighted by Crippen LogP contribution is -2.46. The van der Waals surface area contributed by atoms with Crippen LogP contribution in [0.1, 0.15) is 61.3 Å². The molecule has 0 unspecified atom stereocenters. The molecule has 6 heteroatoms. The van der Waals surface area contributed by atoms with Crippen LogP contribution in [-0.2, 0) is 5.41 Å². The van der Waals surface area contributed by atoms with Crippen LogP contribution in [0.2, 0.25) is 0 Å². The van der Waals surface area contributed by atoms with E-state index < -0.39 is 0 Å². The van der Waals surface area contributed by atoms with Crippen LogP contribution in [0, 0.1) is 18.6 Å². The molecule has 4 aromatic rings. The number of rotatable bonds is 4. The molecule has 1 aromatic heterocycles. The number of nitrogens with zero attached hydrogens (tertiary/aromatic N) is 2. The number of fused-ring (bicyclic) bond motifs is 1. The molecule has 2 fully saturated rings. The van der Waals surface area contributed by atoms with Crippen LogP contribution in [0.5, 0.6) is 0 Å². The number of hydrogen-bond donors (Lipinski definition) is 1. The highest BCUT2D eigenvalue weighted by molar-refractivity contribution is 5.76. The highest BCUT2D eigenvalue weighted by atomic mass is 19.1. The van der Waals surface area contributed by atoms with E-state index in [1.165, 1.54) is 24.3 Å². The van der Waals surface area contributed by atoms with Gasteiger partial charge in [0.1, 0.15) is 11.6 Å². The van der Waals surface area contributed by atoms with Gasteiger partial charge in [0.25, 0.3) is 0 Å². The number of aryl methyl sites for hydroxylation is 1. The molecule has 3 aromatic carbocycles. The van der Waals surface area contributed by atoms with Gasteiger partial charge in [0.05, 0.1) is 11.0 Å². The van der Waals surface area contributed by atoms with Gasteiger partial charge in [-0.2, -0.15) is 0 Å². The van der Waals surface area contributed by atoms with Gasteiger partial charge in [-0.1, -0.05) is 30.3 Å². The van der Waals surface area contributed by atoms with Crippen molar-refractivity contribution >= 4 is 11.0 Å². The first-order valence-corrected chi connectivity index (χ1v) is 13.4. The number of piperidine rings is 1. The number of H-pyrrole nitrogens is 1. The van der Waals surface area contributed by atoms with E-state index in [2.05, 4.69) is 22.0 Å². The van der Waals surface area contributed by atoms with Crippen molar-refractivity contribution in [2.45, 2.75) is 62.9 Å². The molecular formula is C31H33F2N3O. The van der Waals surface area contributed by atoms with Crippen LogP contribution in [0.3, 0.4) is 0 Å². The van der Waals surface area contributed by atoms with E-state index in [0.717, 1.165) is 79.3 Å². The standard InChI is InChI=1S/C31H33F2N3O/c1-21-2-11-29-28(20-21)34-30(37)36(29)27-14-18-35(19-15-27)26-12-16-31(17-13-26,22-3-7-24(32)8-4-22)23-5-9-25(33)10-6-23/h2-11,20,26-27H,12-19H2,1H3,(H,34,37). The van der Waals surface area contributed by atoms with E-state index >= 15 is 0 Å². The molecule has 0 bridgehead atoms. The van der Waals surface area contributed by atoms with E-state index in [-0.39, 0.29) is 28.8 Å². The van der Waals surface area contributed by atoms with Crippen molar-refractivity contribution in [1.82, 2.24) is 14.5 Å². The number of benzene rings is 3. The molecule has 1 saturated carbocycles. The molecule has 6 rings (SSSR count).